The van der Waals surface area contributed by atoms with Crippen LogP contribution in [0.5, 0.6) is 0 Å². The number of urea groups is 1. The van der Waals surface area contributed by atoms with Gasteiger partial charge in [0.15, 0.2) is 0 Å². The van der Waals surface area contributed by atoms with Gasteiger partial charge in [0.25, 0.3) is 0 Å². The molecule has 0 saturated carbocycles. The molecule has 0 radical (unpaired) electrons. The van der Waals surface area contributed by atoms with Crippen LogP contribution < -0.4 is 10.6 Å². The van der Waals surface area contributed by atoms with Crippen molar-refractivity contribution in [1.29, 1.82) is 0 Å². The van der Waals surface area contributed by atoms with E-state index in [1.165, 1.54) is 6.42 Å². The molecule has 0 atom stereocenters. The van der Waals surface area contributed by atoms with E-state index in [2.05, 4.69) is 22.5 Å². The van der Waals surface area contributed by atoms with Gasteiger partial charge in [-0.25, -0.2) is 4.79 Å². The monoisotopic (exact) mass is 329 g/mol. The Morgan fingerprint density at radius 3 is 2.67 bits per heavy atom. The summed E-state index contributed by atoms with van der Waals surface area (Å²) in [4.78, 5) is 14.4. The van der Waals surface area contributed by atoms with Crippen molar-refractivity contribution >= 4 is 34.9 Å². The topological polar surface area (TPSA) is 44.4 Å². The molecule has 1 saturated heterocycles. The highest BCUT2D eigenvalue weighted by atomic mass is 35.5. The minimum atomic E-state index is -0.215. The van der Waals surface area contributed by atoms with Gasteiger partial charge in [0.1, 0.15) is 0 Å². The first-order valence-electron chi connectivity index (χ1n) is 7.33. The van der Waals surface area contributed by atoms with Crippen LogP contribution in [-0.2, 0) is 0 Å². The number of carbonyl (C=O) groups excluding carboxylic acids is 1. The van der Waals surface area contributed by atoms with Crippen LogP contribution in [-0.4, -0.2) is 36.6 Å². The summed E-state index contributed by atoms with van der Waals surface area (Å²) in [5, 5.41) is 6.76. The third-order valence-corrected chi connectivity index (χ3v) is 4.19. The lowest BCUT2D eigenvalue weighted by atomic mass is 10.1. The summed E-state index contributed by atoms with van der Waals surface area (Å²) < 4.78 is 0. The van der Waals surface area contributed by atoms with Gasteiger partial charge in [-0.3, -0.25) is 0 Å². The number of benzene rings is 1. The number of halogens is 2. The molecule has 21 heavy (non-hydrogen) atoms. The van der Waals surface area contributed by atoms with Crippen LogP contribution in [0.25, 0.3) is 0 Å². The number of likely N-dealkylation sites (tertiary alicyclic amines) is 1. The van der Waals surface area contributed by atoms with Crippen molar-refractivity contribution < 1.29 is 4.79 Å². The van der Waals surface area contributed by atoms with E-state index in [4.69, 9.17) is 23.2 Å². The minimum Gasteiger partial charge on any atom is -0.335 e. The highest BCUT2D eigenvalue weighted by Gasteiger charge is 2.20. The van der Waals surface area contributed by atoms with Crippen LogP contribution >= 0.6 is 23.2 Å². The van der Waals surface area contributed by atoms with Gasteiger partial charge in [-0.15, -0.1) is 0 Å². The molecule has 4 nitrogen and oxygen atoms in total. The first-order valence-corrected chi connectivity index (χ1v) is 8.09. The predicted molar refractivity (Wildman–Crippen MR) is 88.4 cm³/mol. The summed E-state index contributed by atoms with van der Waals surface area (Å²) in [7, 11) is 0. The molecule has 1 aliphatic heterocycles. The summed E-state index contributed by atoms with van der Waals surface area (Å²) in [6.07, 6.45) is 3.15. The number of hydrogen-bond acceptors (Lipinski definition) is 2. The summed E-state index contributed by atoms with van der Waals surface area (Å²) in [6.45, 7) is 5.41. The number of nitrogens with one attached hydrogen (secondary N) is 2. The highest BCUT2D eigenvalue weighted by molar-refractivity contribution is 6.36. The molecule has 2 N–H and O–H groups in total. The van der Waals surface area contributed by atoms with Gasteiger partial charge < -0.3 is 15.5 Å². The Hall–Kier alpha value is -0.970. The van der Waals surface area contributed by atoms with Crippen molar-refractivity contribution in [3.05, 3.63) is 28.2 Å². The van der Waals surface area contributed by atoms with Gasteiger partial charge in [0, 0.05) is 24.2 Å². The van der Waals surface area contributed by atoms with Crippen LogP contribution in [0.3, 0.4) is 0 Å². The Labute approximate surface area is 135 Å². The van der Waals surface area contributed by atoms with Crippen LogP contribution in [0.4, 0.5) is 10.5 Å². The second-order valence-electron chi connectivity index (χ2n) is 5.34. The average molecular weight is 330 g/mol. The van der Waals surface area contributed by atoms with Crippen LogP contribution in [0.1, 0.15) is 26.2 Å². The number of piperidine rings is 1. The van der Waals surface area contributed by atoms with Crippen LogP contribution in [0, 0.1) is 0 Å². The molecule has 1 aromatic rings. The van der Waals surface area contributed by atoms with Crippen molar-refractivity contribution in [3.63, 3.8) is 0 Å². The molecule has 2 rings (SSSR count). The van der Waals surface area contributed by atoms with Crippen molar-refractivity contribution in [1.82, 2.24) is 10.2 Å². The molecule has 116 valence electrons. The van der Waals surface area contributed by atoms with E-state index >= 15 is 0 Å². The second-order valence-corrected chi connectivity index (χ2v) is 6.18. The molecule has 1 aromatic carbocycles. The van der Waals surface area contributed by atoms with Gasteiger partial charge in [-0.2, -0.15) is 0 Å². The maximum absolute atomic E-state index is 12.0. The van der Waals surface area contributed by atoms with E-state index < -0.39 is 0 Å². The summed E-state index contributed by atoms with van der Waals surface area (Å²) in [5.41, 5.74) is 0.571. The Morgan fingerprint density at radius 1 is 1.33 bits per heavy atom. The predicted octanol–water partition coefficient (Wildman–Crippen LogP) is 3.99. The van der Waals surface area contributed by atoms with E-state index in [-0.39, 0.29) is 12.1 Å². The molecule has 1 aliphatic rings. The van der Waals surface area contributed by atoms with Crippen LogP contribution in [0.2, 0.25) is 10.0 Å². The first kappa shape index (κ1) is 16.4. The Morgan fingerprint density at radius 2 is 2.05 bits per heavy atom. The van der Waals surface area contributed by atoms with E-state index in [0.29, 0.717) is 15.7 Å². The molecule has 1 fully saturated rings. The van der Waals surface area contributed by atoms with Crippen LogP contribution in [0.15, 0.2) is 18.2 Å². The quantitative estimate of drug-likeness (QED) is 0.877. The van der Waals surface area contributed by atoms with Crippen molar-refractivity contribution in [3.8, 4) is 0 Å². The third kappa shape index (κ3) is 5.06. The van der Waals surface area contributed by atoms with Crippen molar-refractivity contribution in [2.75, 3.05) is 25.0 Å². The lowest BCUT2D eigenvalue weighted by Crippen LogP contribution is -2.46. The minimum absolute atomic E-state index is 0.215. The largest absolute Gasteiger partial charge is 0.335 e. The Bertz CT molecular complexity index is 488. The van der Waals surface area contributed by atoms with Gasteiger partial charge >= 0.3 is 6.03 Å². The van der Waals surface area contributed by atoms with Gasteiger partial charge in [0.05, 0.1) is 10.7 Å². The van der Waals surface area contributed by atoms with E-state index in [0.717, 1.165) is 32.5 Å². The Kier molecular flexibility index (Phi) is 6.15. The lowest BCUT2D eigenvalue weighted by Gasteiger charge is -2.32. The summed E-state index contributed by atoms with van der Waals surface area (Å²) in [6, 6.07) is 5.03. The number of amides is 2. The van der Waals surface area contributed by atoms with E-state index in [1.807, 2.05) is 0 Å². The average Bonchev–Trinajstić information content (AvgIpc) is 2.44. The third-order valence-electron chi connectivity index (χ3n) is 3.64. The molecule has 2 amide bonds. The zero-order valence-electron chi connectivity index (χ0n) is 12.2. The van der Waals surface area contributed by atoms with Gasteiger partial charge in [-0.05, 0) is 44.0 Å². The summed E-state index contributed by atoms with van der Waals surface area (Å²) >= 11 is 11.9. The zero-order chi connectivity index (χ0) is 15.2. The molecule has 0 aliphatic carbocycles. The molecular weight excluding hydrogens is 309 g/mol. The van der Waals surface area contributed by atoms with Gasteiger partial charge in [0.2, 0.25) is 0 Å². The van der Waals surface area contributed by atoms with E-state index in [1.54, 1.807) is 18.2 Å². The van der Waals surface area contributed by atoms with Crippen molar-refractivity contribution in [2.24, 2.45) is 0 Å². The normalized spacial score (nSPS) is 16.7. The maximum Gasteiger partial charge on any atom is 0.319 e. The van der Waals surface area contributed by atoms with Gasteiger partial charge in [-0.1, -0.05) is 30.1 Å². The lowest BCUT2D eigenvalue weighted by molar-refractivity contribution is 0.196. The second kappa shape index (κ2) is 7.87. The number of hydrogen-bond donors (Lipinski definition) is 2. The maximum atomic E-state index is 12.0. The fourth-order valence-electron chi connectivity index (χ4n) is 2.55. The smallest absolute Gasteiger partial charge is 0.319 e. The molecule has 6 heteroatoms. The standard InChI is InChI=1S/C15H21Cl2N3O/c1-2-7-20-8-5-12(6-9-20)18-15(21)19-14-4-3-11(16)10-13(14)17/h3-4,10,12H,2,5-9H2,1H3,(H2,18,19,21). The molecule has 1 heterocycles. The van der Waals surface area contributed by atoms with E-state index in [9.17, 15) is 4.79 Å². The highest BCUT2D eigenvalue weighted by Crippen LogP contribution is 2.25. The number of rotatable bonds is 4. The molecule has 0 bridgehead atoms. The number of nitrogens with zero attached hydrogens (tertiary/aromatic N) is 1. The fraction of sp³-hybridized carbons (Fsp3) is 0.533. The Balaban J connectivity index is 1.80. The fourth-order valence-corrected chi connectivity index (χ4v) is 3.01. The van der Waals surface area contributed by atoms with Crippen molar-refractivity contribution in [2.45, 2.75) is 32.2 Å². The number of carbonyl (C=O) groups is 1. The zero-order valence-corrected chi connectivity index (χ0v) is 13.7. The number of anilines is 1. The molecule has 0 spiro atoms. The molecule has 0 unspecified atom stereocenters. The first-order chi connectivity index (χ1) is 10.1. The SMILES string of the molecule is CCCN1CCC(NC(=O)Nc2ccc(Cl)cc2Cl)CC1. The molecule has 0 aromatic heterocycles. The molecular formula is C15H21Cl2N3O. The summed E-state index contributed by atoms with van der Waals surface area (Å²) in [5.74, 6) is 0.